The predicted molar refractivity (Wildman–Crippen MR) is 91.1 cm³/mol. The molecule has 0 atom stereocenters. The second-order valence-corrected chi connectivity index (χ2v) is 5.47. The van der Waals surface area contributed by atoms with Crippen LogP contribution in [-0.2, 0) is 12.8 Å². The molecular formula is C18H32N2O. The van der Waals surface area contributed by atoms with Crippen LogP contribution in [0.25, 0.3) is 0 Å². The molecule has 0 aliphatic rings. The first-order valence-corrected chi connectivity index (χ1v) is 8.40. The molecule has 1 N–H and O–H groups in total. The van der Waals surface area contributed by atoms with Crippen molar-refractivity contribution in [2.24, 2.45) is 0 Å². The lowest BCUT2D eigenvalue weighted by Crippen LogP contribution is -2.27. The summed E-state index contributed by atoms with van der Waals surface area (Å²) >= 11 is 0. The van der Waals surface area contributed by atoms with Crippen LogP contribution in [0.1, 0.15) is 38.8 Å². The molecule has 0 spiro atoms. The third-order valence-electron chi connectivity index (χ3n) is 4.41. The van der Waals surface area contributed by atoms with Crippen molar-refractivity contribution >= 4 is 0 Å². The first-order chi connectivity index (χ1) is 10.2. The number of rotatable bonds is 10. The Morgan fingerprint density at radius 2 is 1.33 bits per heavy atom. The number of phenolic OH excluding ortho intramolecular Hbond substituents is 1. The number of aromatic hydroxyl groups is 1. The van der Waals surface area contributed by atoms with Crippen LogP contribution in [-0.4, -0.2) is 54.2 Å². The van der Waals surface area contributed by atoms with Gasteiger partial charge in [-0.25, -0.2) is 0 Å². The van der Waals surface area contributed by atoms with Crippen molar-refractivity contribution in [1.82, 2.24) is 9.80 Å². The zero-order chi connectivity index (χ0) is 15.7. The second-order valence-electron chi connectivity index (χ2n) is 5.47. The molecule has 3 heteroatoms. The minimum Gasteiger partial charge on any atom is -0.508 e. The number of benzene rings is 1. The molecule has 0 bridgehead atoms. The van der Waals surface area contributed by atoms with E-state index in [4.69, 9.17) is 0 Å². The number of likely N-dealkylation sites (N-methyl/N-ethyl adjacent to an activating group) is 2. The second kappa shape index (κ2) is 9.80. The van der Waals surface area contributed by atoms with E-state index in [1.165, 1.54) is 5.56 Å². The molecule has 0 heterocycles. The maximum Gasteiger partial charge on any atom is 0.119 e. The standard InChI is InChI=1S/C18H32N2O/c1-5-19(6-2)14-12-16-10-9-11-18(21)17(16)13-15-20(7-3)8-4/h9-11,21H,5-8,12-15H2,1-4H3. The van der Waals surface area contributed by atoms with E-state index < -0.39 is 0 Å². The molecule has 0 unspecified atom stereocenters. The van der Waals surface area contributed by atoms with Crippen molar-refractivity contribution in [3.63, 3.8) is 0 Å². The zero-order valence-electron chi connectivity index (χ0n) is 14.2. The molecule has 0 amide bonds. The van der Waals surface area contributed by atoms with Gasteiger partial charge in [-0.3, -0.25) is 0 Å². The van der Waals surface area contributed by atoms with Crippen LogP contribution in [0.5, 0.6) is 5.75 Å². The van der Waals surface area contributed by atoms with Crippen LogP contribution in [0.2, 0.25) is 0 Å². The van der Waals surface area contributed by atoms with Crippen molar-refractivity contribution in [1.29, 1.82) is 0 Å². The summed E-state index contributed by atoms with van der Waals surface area (Å²) in [7, 11) is 0. The third-order valence-corrected chi connectivity index (χ3v) is 4.41. The molecular weight excluding hydrogens is 260 g/mol. The molecule has 1 aromatic rings. The highest BCUT2D eigenvalue weighted by atomic mass is 16.3. The van der Waals surface area contributed by atoms with Gasteiger partial charge in [0.05, 0.1) is 0 Å². The molecule has 0 aliphatic heterocycles. The van der Waals surface area contributed by atoms with Gasteiger partial charge >= 0.3 is 0 Å². The Hall–Kier alpha value is -1.06. The van der Waals surface area contributed by atoms with Crippen LogP contribution in [0.15, 0.2) is 18.2 Å². The number of hydrogen-bond acceptors (Lipinski definition) is 3. The summed E-state index contributed by atoms with van der Waals surface area (Å²) in [5.41, 5.74) is 2.44. The predicted octanol–water partition coefficient (Wildman–Crippen LogP) is 3.16. The van der Waals surface area contributed by atoms with Gasteiger partial charge in [-0.05, 0) is 56.2 Å². The van der Waals surface area contributed by atoms with Gasteiger partial charge in [-0.15, -0.1) is 0 Å². The SMILES string of the molecule is CCN(CC)CCc1cccc(O)c1CCN(CC)CC. The summed E-state index contributed by atoms with van der Waals surface area (Å²) in [6.07, 6.45) is 1.95. The van der Waals surface area contributed by atoms with Gasteiger partial charge in [0.2, 0.25) is 0 Å². The Labute approximate surface area is 130 Å². The fourth-order valence-corrected chi connectivity index (χ4v) is 2.77. The lowest BCUT2D eigenvalue weighted by atomic mass is 10.00. The van der Waals surface area contributed by atoms with E-state index in [1.807, 2.05) is 12.1 Å². The molecule has 0 radical (unpaired) electrons. The largest absolute Gasteiger partial charge is 0.508 e. The van der Waals surface area contributed by atoms with Gasteiger partial charge in [-0.2, -0.15) is 0 Å². The van der Waals surface area contributed by atoms with Gasteiger partial charge in [0, 0.05) is 13.1 Å². The van der Waals surface area contributed by atoms with Crippen molar-refractivity contribution in [3.05, 3.63) is 29.3 Å². The molecule has 21 heavy (non-hydrogen) atoms. The van der Waals surface area contributed by atoms with Crippen molar-refractivity contribution in [2.75, 3.05) is 39.3 Å². The summed E-state index contributed by atoms with van der Waals surface area (Å²) in [6.45, 7) is 15.2. The van der Waals surface area contributed by atoms with Crippen LogP contribution >= 0.6 is 0 Å². The van der Waals surface area contributed by atoms with Crippen LogP contribution < -0.4 is 0 Å². The van der Waals surface area contributed by atoms with Gasteiger partial charge in [0.1, 0.15) is 5.75 Å². The Morgan fingerprint density at radius 1 is 0.810 bits per heavy atom. The summed E-state index contributed by atoms with van der Waals surface area (Å²) in [4.78, 5) is 4.83. The molecule has 1 aromatic carbocycles. The number of phenols is 1. The van der Waals surface area contributed by atoms with E-state index in [1.54, 1.807) is 0 Å². The maximum atomic E-state index is 10.2. The average Bonchev–Trinajstić information content (AvgIpc) is 2.51. The lowest BCUT2D eigenvalue weighted by molar-refractivity contribution is 0.302. The van der Waals surface area contributed by atoms with E-state index in [-0.39, 0.29) is 0 Å². The molecule has 0 aromatic heterocycles. The van der Waals surface area contributed by atoms with Gasteiger partial charge in [-0.1, -0.05) is 39.8 Å². The van der Waals surface area contributed by atoms with Crippen LogP contribution in [0.3, 0.4) is 0 Å². The van der Waals surface area contributed by atoms with E-state index >= 15 is 0 Å². The quantitative estimate of drug-likeness (QED) is 0.717. The normalized spacial score (nSPS) is 11.5. The first-order valence-electron chi connectivity index (χ1n) is 8.40. The topological polar surface area (TPSA) is 26.7 Å². The van der Waals surface area contributed by atoms with Crippen LogP contribution in [0.4, 0.5) is 0 Å². The molecule has 0 aliphatic carbocycles. The molecule has 0 saturated carbocycles. The first kappa shape index (κ1) is 18.0. The van der Waals surface area contributed by atoms with Gasteiger partial charge < -0.3 is 14.9 Å². The zero-order valence-corrected chi connectivity index (χ0v) is 14.2. The molecule has 0 saturated heterocycles. The van der Waals surface area contributed by atoms with Gasteiger partial charge in [0.25, 0.3) is 0 Å². The van der Waals surface area contributed by atoms with Gasteiger partial charge in [0.15, 0.2) is 0 Å². The van der Waals surface area contributed by atoms with E-state index in [9.17, 15) is 5.11 Å². The summed E-state index contributed by atoms with van der Waals surface area (Å²) < 4.78 is 0. The molecule has 120 valence electrons. The van der Waals surface area contributed by atoms with E-state index in [0.29, 0.717) is 5.75 Å². The molecule has 3 nitrogen and oxygen atoms in total. The van der Waals surface area contributed by atoms with E-state index in [2.05, 4.69) is 43.6 Å². The average molecular weight is 292 g/mol. The van der Waals surface area contributed by atoms with Crippen molar-refractivity contribution < 1.29 is 5.11 Å². The lowest BCUT2D eigenvalue weighted by Gasteiger charge is -2.21. The Kier molecular flexibility index (Phi) is 8.40. The van der Waals surface area contributed by atoms with E-state index in [0.717, 1.165) is 57.7 Å². The molecule has 0 fully saturated rings. The molecule has 1 rings (SSSR count). The Morgan fingerprint density at radius 3 is 1.86 bits per heavy atom. The summed E-state index contributed by atoms with van der Waals surface area (Å²) in [5, 5.41) is 10.2. The highest BCUT2D eigenvalue weighted by Crippen LogP contribution is 2.22. The maximum absolute atomic E-state index is 10.2. The minimum atomic E-state index is 0.458. The smallest absolute Gasteiger partial charge is 0.119 e. The number of nitrogens with zero attached hydrogens (tertiary/aromatic N) is 2. The minimum absolute atomic E-state index is 0.458. The van der Waals surface area contributed by atoms with Crippen LogP contribution in [0, 0.1) is 0 Å². The fourth-order valence-electron chi connectivity index (χ4n) is 2.77. The highest BCUT2D eigenvalue weighted by molar-refractivity contribution is 5.39. The fraction of sp³-hybridized carbons (Fsp3) is 0.667. The Balaban J connectivity index is 2.73. The third kappa shape index (κ3) is 5.68. The number of hydrogen-bond donors (Lipinski definition) is 1. The summed E-state index contributed by atoms with van der Waals surface area (Å²) in [6, 6.07) is 5.95. The highest BCUT2D eigenvalue weighted by Gasteiger charge is 2.10. The van der Waals surface area contributed by atoms with Crippen molar-refractivity contribution in [2.45, 2.75) is 40.5 Å². The summed E-state index contributed by atoms with van der Waals surface area (Å²) in [5.74, 6) is 0.458. The monoisotopic (exact) mass is 292 g/mol. The van der Waals surface area contributed by atoms with Crippen molar-refractivity contribution in [3.8, 4) is 5.75 Å². The Bertz CT molecular complexity index is 398.